The van der Waals surface area contributed by atoms with Gasteiger partial charge in [-0.2, -0.15) is 18.2 Å². The molecule has 3 aromatic rings. The second kappa shape index (κ2) is 10.5. The Labute approximate surface area is 209 Å². The zero-order valence-electron chi connectivity index (χ0n) is 20.5. The molecule has 0 amide bonds. The minimum absolute atomic E-state index is 0.0276. The SMILES string of the molecule is CN1CCN(c2ccc(CNc3nc(Nc4ccc(P(C)(C)=O)cc4)ncc3C(F)(F)F)cc2)CC1. The molecule has 0 radical (unpaired) electrons. The van der Waals surface area contributed by atoms with E-state index in [9.17, 15) is 17.7 Å². The van der Waals surface area contributed by atoms with Crippen molar-refractivity contribution in [2.24, 2.45) is 0 Å². The monoisotopic (exact) mass is 518 g/mol. The summed E-state index contributed by atoms with van der Waals surface area (Å²) in [4.78, 5) is 12.5. The molecule has 2 heterocycles. The van der Waals surface area contributed by atoms with Crippen LogP contribution in [-0.4, -0.2) is 61.4 Å². The number of aromatic nitrogens is 2. The molecule has 1 aliphatic rings. The van der Waals surface area contributed by atoms with Gasteiger partial charge in [0.25, 0.3) is 0 Å². The van der Waals surface area contributed by atoms with E-state index in [2.05, 4.69) is 37.4 Å². The lowest BCUT2D eigenvalue weighted by Gasteiger charge is -2.34. The fourth-order valence-corrected chi connectivity index (χ4v) is 4.76. The summed E-state index contributed by atoms with van der Waals surface area (Å²) in [6.07, 6.45) is -3.83. The van der Waals surface area contributed by atoms with Crippen LogP contribution in [-0.2, 0) is 17.3 Å². The molecule has 0 spiro atoms. The Morgan fingerprint density at radius 1 is 0.972 bits per heavy atom. The molecule has 2 aromatic carbocycles. The summed E-state index contributed by atoms with van der Waals surface area (Å²) in [5, 5.41) is 6.46. The zero-order valence-corrected chi connectivity index (χ0v) is 21.4. The van der Waals surface area contributed by atoms with Crippen LogP contribution in [0.4, 0.5) is 36.3 Å². The summed E-state index contributed by atoms with van der Waals surface area (Å²) in [6, 6.07) is 14.7. The maximum atomic E-state index is 13.6. The summed E-state index contributed by atoms with van der Waals surface area (Å²) in [6.45, 7) is 7.40. The van der Waals surface area contributed by atoms with Crippen molar-refractivity contribution >= 4 is 35.6 Å². The Morgan fingerprint density at radius 3 is 2.19 bits per heavy atom. The fraction of sp³-hybridized carbons (Fsp3) is 0.360. The number of benzene rings is 2. The van der Waals surface area contributed by atoms with Crippen molar-refractivity contribution in [1.82, 2.24) is 14.9 Å². The third-order valence-corrected chi connectivity index (χ3v) is 7.65. The number of anilines is 4. The topological polar surface area (TPSA) is 73.4 Å². The van der Waals surface area contributed by atoms with E-state index in [0.717, 1.165) is 43.6 Å². The van der Waals surface area contributed by atoms with Crippen LogP contribution in [0.3, 0.4) is 0 Å². The average molecular weight is 519 g/mol. The summed E-state index contributed by atoms with van der Waals surface area (Å²) in [7, 11) is -0.305. The van der Waals surface area contributed by atoms with Gasteiger partial charge in [0.15, 0.2) is 0 Å². The molecule has 2 N–H and O–H groups in total. The van der Waals surface area contributed by atoms with Crippen LogP contribution in [0.1, 0.15) is 11.1 Å². The molecule has 1 aliphatic heterocycles. The summed E-state index contributed by atoms with van der Waals surface area (Å²) >= 11 is 0. The van der Waals surface area contributed by atoms with Gasteiger partial charge in [-0.1, -0.05) is 12.1 Å². The van der Waals surface area contributed by atoms with E-state index in [1.165, 1.54) is 0 Å². The van der Waals surface area contributed by atoms with Crippen LogP contribution in [0.2, 0.25) is 0 Å². The van der Waals surface area contributed by atoms with Crippen molar-refractivity contribution in [2.75, 3.05) is 62.1 Å². The molecule has 0 bridgehead atoms. The summed E-state index contributed by atoms with van der Waals surface area (Å²) in [5.41, 5.74) is 1.59. The molecule has 4 rings (SSSR count). The molecule has 1 fully saturated rings. The van der Waals surface area contributed by atoms with E-state index >= 15 is 0 Å². The van der Waals surface area contributed by atoms with Crippen LogP contribution >= 0.6 is 7.14 Å². The minimum Gasteiger partial charge on any atom is -0.369 e. The Hall–Kier alpha value is -3.10. The predicted octanol–water partition coefficient (Wildman–Crippen LogP) is 4.85. The second-order valence-corrected chi connectivity index (χ2v) is 12.5. The van der Waals surface area contributed by atoms with Crippen molar-refractivity contribution in [1.29, 1.82) is 0 Å². The Balaban J connectivity index is 1.47. The van der Waals surface area contributed by atoms with Gasteiger partial charge in [0.1, 0.15) is 18.5 Å². The minimum atomic E-state index is -4.60. The van der Waals surface area contributed by atoms with Gasteiger partial charge >= 0.3 is 6.18 Å². The second-order valence-electron chi connectivity index (χ2n) is 9.29. The molecule has 0 saturated carbocycles. The molecule has 7 nitrogen and oxygen atoms in total. The van der Waals surface area contributed by atoms with Gasteiger partial charge < -0.3 is 25.0 Å². The highest BCUT2D eigenvalue weighted by atomic mass is 31.2. The van der Waals surface area contributed by atoms with E-state index in [1.54, 1.807) is 37.6 Å². The van der Waals surface area contributed by atoms with Crippen molar-refractivity contribution in [2.45, 2.75) is 12.7 Å². The first kappa shape index (κ1) is 26.0. The number of rotatable bonds is 7. The summed E-state index contributed by atoms with van der Waals surface area (Å²) in [5.74, 6) is -0.272. The Kier molecular flexibility index (Phi) is 7.57. The number of alkyl halides is 3. The van der Waals surface area contributed by atoms with Crippen molar-refractivity contribution < 1.29 is 17.7 Å². The average Bonchev–Trinajstić information content (AvgIpc) is 2.83. The lowest BCUT2D eigenvalue weighted by atomic mass is 10.1. The first-order valence-electron chi connectivity index (χ1n) is 11.6. The first-order chi connectivity index (χ1) is 17.0. The number of hydrogen-bond acceptors (Lipinski definition) is 7. The van der Waals surface area contributed by atoms with Crippen molar-refractivity contribution in [3.8, 4) is 0 Å². The maximum Gasteiger partial charge on any atom is 0.421 e. The number of likely N-dealkylation sites (N-methyl/N-ethyl adjacent to an activating group) is 1. The largest absolute Gasteiger partial charge is 0.421 e. The van der Waals surface area contributed by atoms with Crippen LogP contribution < -0.4 is 20.8 Å². The van der Waals surface area contributed by atoms with E-state index in [0.29, 0.717) is 11.0 Å². The normalized spacial score (nSPS) is 15.1. The van der Waals surface area contributed by atoms with Gasteiger partial charge in [-0.3, -0.25) is 0 Å². The number of nitrogens with one attached hydrogen (secondary N) is 2. The number of nitrogens with zero attached hydrogens (tertiary/aromatic N) is 4. The lowest BCUT2D eigenvalue weighted by molar-refractivity contribution is -0.137. The predicted molar refractivity (Wildman–Crippen MR) is 139 cm³/mol. The highest BCUT2D eigenvalue weighted by molar-refractivity contribution is 7.70. The van der Waals surface area contributed by atoms with Gasteiger partial charge in [0.05, 0.1) is 0 Å². The summed E-state index contributed by atoms with van der Waals surface area (Å²) < 4.78 is 53.0. The van der Waals surface area contributed by atoms with Crippen LogP contribution in [0, 0.1) is 0 Å². The van der Waals surface area contributed by atoms with E-state index in [4.69, 9.17) is 0 Å². The molecule has 0 atom stereocenters. The molecular formula is C25H30F3N6OP. The molecular weight excluding hydrogens is 488 g/mol. The zero-order chi connectivity index (χ0) is 25.9. The number of piperazine rings is 1. The first-order valence-corrected chi connectivity index (χ1v) is 14.2. The number of hydrogen-bond donors (Lipinski definition) is 2. The molecule has 36 heavy (non-hydrogen) atoms. The van der Waals surface area contributed by atoms with Gasteiger partial charge in [-0.15, -0.1) is 0 Å². The van der Waals surface area contributed by atoms with Crippen LogP contribution in [0.25, 0.3) is 0 Å². The fourth-order valence-electron chi connectivity index (χ4n) is 3.89. The van der Waals surface area contributed by atoms with E-state index in [1.807, 2.05) is 24.3 Å². The third kappa shape index (κ3) is 6.56. The Morgan fingerprint density at radius 2 is 1.61 bits per heavy atom. The maximum absolute atomic E-state index is 13.6. The molecule has 0 unspecified atom stereocenters. The van der Waals surface area contributed by atoms with E-state index < -0.39 is 18.9 Å². The van der Waals surface area contributed by atoms with Gasteiger partial charge in [-0.05, 0) is 62.3 Å². The molecule has 1 aromatic heterocycles. The smallest absolute Gasteiger partial charge is 0.369 e. The van der Waals surface area contributed by atoms with Gasteiger partial charge in [0.2, 0.25) is 5.95 Å². The highest BCUT2D eigenvalue weighted by Gasteiger charge is 2.35. The molecule has 0 aliphatic carbocycles. The van der Waals surface area contributed by atoms with Crippen LogP contribution in [0.5, 0.6) is 0 Å². The highest BCUT2D eigenvalue weighted by Crippen LogP contribution is 2.36. The Bertz CT molecular complexity index is 1220. The number of halogens is 3. The standard InChI is InChI=1S/C25H30F3N6OP/c1-33-12-14-34(15-13-33)20-8-4-18(5-9-20)16-29-23-22(25(26,27)28)17-30-24(32-23)31-19-6-10-21(11-7-19)36(2,3)35/h4-11,17H,12-16H2,1-3H3,(H2,29,30,31,32). The van der Waals surface area contributed by atoms with Crippen molar-refractivity contribution in [3.05, 3.63) is 65.9 Å². The lowest BCUT2D eigenvalue weighted by Crippen LogP contribution is -2.44. The third-order valence-electron chi connectivity index (χ3n) is 6.10. The quantitative estimate of drug-likeness (QED) is 0.433. The van der Waals surface area contributed by atoms with Gasteiger partial charge in [-0.25, -0.2) is 4.98 Å². The van der Waals surface area contributed by atoms with Crippen molar-refractivity contribution in [3.63, 3.8) is 0 Å². The van der Waals surface area contributed by atoms with Gasteiger partial charge in [0, 0.05) is 55.6 Å². The van der Waals surface area contributed by atoms with Crippen LogP contribution in [0.15, 0.2) is 54.7 Å². The molecule has 1 saturated heterocycles. The molecule has 192 valence electrons. The van der Waals surface area contributed by atoms with E-state index in [-0.39, 0.29) is 18.3 Å². The molecule has 11 heteroatoms.